The Bertz CT molecular complexity index is 1270. The molecule has 40 heavy (non-hydrogen) atoms. The molecule has 1 aliphatic carbocycles. The van der Waals surface area contributed by atoms with Gasteiger partial charge in [0.15, 0.2) is 0 Å². The van der Waals surface area contributed by atoms with E-state index in [2.05, 4.69) is 26.1 Å². The minimum atomic E-state index is -3.83. The van der Waals surface area contributed by atoms with Crippen molar-refractivity contribution in [2.75, 3.05) is 17.1 Å². The van der Waals surface area contributed by atoms with Gasteiger partial charge in [-0.2, -0.15) is 0 Å². The molecule has 0 radical (unpaired) electrons. The first kappa shape index (κ1) is 32.2. The van der Waals surface area contributed by atoms with Crippen LogP contribution >= 0.6 is 23.2 Å². The van der Waals surface area contributed by atoms with Crippen molar-refractivity contribution in [2.24, 2.45) is 0 Å². The number of benzene rings is 2. The SMILES string of the molecule is CC[C@@H](C(=O)NC1CCCCC1)N(Cc1c(Cl)cccc1Cl)C(=O)CN(c1ccc(C(C)(C)C)cc1)S(C)(=O)=O. The predicted octanol–water partition coefficient (Wildman–Crippen LogP) is 6.31. The smallest absolute Gasteiger partial charge is 0.244 e. The molecule has 1 saturated carbocycles. The lowest BCUT2D eigenvalue weighted by atomic mass is 9.87. The third-order valence-electron chi connectivity index (χ3n) is 7.43. The molecule has 3 rings (SSSR count). The maximum atomic E-state index is 14.0. The predicted molar refractivity (Wildman–Crippen MR) is 163 cm³/mol. The fourth-order valence-electron chi connectivity index (χ4n) is 5.06. The molecule has 0 spiro atoms. The molecule has 1 atom stereocenters. The van der Waals surface area contributed by atoms with Crippen molar-refractivity contribution in [3.05, 3.63) is 63.6 Å². The molecule has 10 heteroatoms. The average molecular weight is 611 g/mol. The summed E-state index contributed by atoms with van der Waals surface area (Å²) in [6, 6.07) is 11.4. The minimum absolute atomic E-state index is 0.0332. The number of halogens is 2. The zero-order chi connectivity index (χ0) is 29.7. The van der Waals surface area contributed by atoms with Crippen molar-refractivity contribution in [3.63, 3.8) is 0 Å². The van der Waals surface area contributed by atoms with Gasteiger partial charge in [-0.1, -0.05) is 88.4 Å². The minimum Gasteiger partial charge on any atom is -0.352 e. The van der Waals surface area contributed by atoms with Crippen LogP contribution in [0.3, 0.4) is 0 Å². The Morgan fingerprint density at radius 3 is 2.08 bits per heavy atom. The fourth-order valence-corrected chi connectivity index (χ4v) is 6.43. The summed E-state index contributed by atoms with van der Waals surface area (Å²) < 4.78 is 26.9. The first-order chi connectivity index (χ1) is 18.7. The van der Waals surface area contributed by atoms with Crippen LogP contribution in [0.5, 0.6) is 0 Å². The number of nitrogens with one attached hydrogen (secondary N) is 1. The van der Waals surface area contributed by atoms with E-state index in [0.717, 1.165) is 48.2 Å². The van der Waals surface area contributed by atoms with E-state index in [9.17, 15) is 18.0 Å². The zero-order valence-electron chi connectivity index (χ0n) is 24.0. The number of carbonyl (C=O) groups is 2. The van der Waals surface area contributed by atoms with Gasteiger partial charge in [0, 0.05) is 28.2 Å². The highest BCUT2D eigenvalue weighted by Gasteiger charge is 2.33. The highest BCUT2D eigenvalue weighted by Crippen LogP contribution is 2.29. The van der Waals surface area contributed by atoms with Crippen LogP contribution in [0.1, 0.15) is 77.3 Å². The highest BCUT2D eigenvalue weighted by atomic mass is 35.5. The molecule has 0 heterocycles. The molecule has 0 aromatic heterocycles. The molecule has 2 amide bonds. The van der Waals surface area contributed by atoms with Gasteiger partial charge in [0.1, 0.15) is 12.6 Å². The van der Waals surface area contributed by atoms with Crippen molar-refractivity contribution in [2.45, 2.75) is 90.3 Å². The molecule has 2 aromatic rings. The van der Waals surface area contributed by atoms with Crippen molar-refractivity contribution in [1.29, 1.82) is 0 Å². The van der Waals surface area contributed by atoms with Gasteiger partial charge in [-0.25, -0.2) is 8.42 Å². The summed E-state index contributed by atoms with van der Waals surface area (Å²) in [5, 5.41) is 3.86. The maximum Gasteiger partial charge on any atom is 0.244 e. The molecule has 1 N–H and O–H groups in total. The van der Waals surface area contributed by atoms with Gasteiger partial charge in [0.2, 0.25) is 21.8 Å². The molecule has 7 nitrogen and oxygen atoms in total. The normalized spacial score (nSPS) is 15.4. The second kappa shape index (κ2) is 13.6. The van der Waals surface area contributed by atoms with Gasteiger partial charge in [-0.05, 0) is 54.5 Å². The summed E-state index contributed by atoms with van der Waals surface area (Å²) in [4.78, 5) is 28.9. The molecular weight excluding hydrogens is 569 g/mol. The van der Waals surface area contributed by atoms with Crippen LogP contribution in [0.15, 0.2) is 42.5 Å². The molecule has 2 aromatic carbocycles. The lowest BCUT2D eigenvalue weighted by molar-refractivity contribution is -0.140. The van der Waals surface area contributed by atoms with E-state index in [1.807, 2.05) is 19.1 Å². The Kier molecular flexibility index (Phi) is 10.9. The lowest BCUT2D eigenvalue weighted by Gasteiger charge is -2.34. The summed E-state index contributed by atoms with van der Waals surface area (Å²) in [6.07, 6.45) is 6.47. The second-order valence-corrected chi connectivity index (χ2v) is 14.3. The van der Waals surface area contributed by atoms with Crippen LogP contribution in [0.4, 0.5) is 5.69 Å². The van der Waals surface area contributed by atoms with Crippen molar-refractivity contribution in [3.8, 4) is 0 Å². The largest absolute Gasteiger partial charge is 0.352 e. The molecule has 0 unspecified atom stereocenters. The topological polar surface area (TPSA) is 86.8 Å². The average Bonchev–Trinajstić information content (AvgIpc) is 2.88. The second-order valence-electron chi connectivity index (χ2n) is 11.6. The van der Waals surface area contributed by atoms with E-state index < -0.39 is 28.5 Å². The van der Waals surface area contributed by atoms with E-state index in [0.29, 0.717) is 27.7 Å². The third-order valence-corrected chi connectivity index (χ3v) is 9.28. The molecule has 0 aliphatic heterocycles. The lowest BCUT2D eigenvalue weighted by Crippen LogP contribution is -2.54. The van der Waals surface area contributed by atoms with Gasteiger partial charge in [-0.3, -0.25) is 13.9 Å². The molecule has 0 bridgehead atoms. The monoisotopic (exact) mass is 609 g/mol. The number of carbonyl (C=O) groups excluding carboxylic acids is 2. The van der Waals surface area contributed by atoms with E-state index in [1.165, 1.54) is 4.90 Å². The van der Waals surface area contributed by atoms with Crippen LogP contribution < -0.4 is 9.62 Å². The number of hydrogen-bond acceptors (Lipinski definition) is 4. The first-order valence-corrected chi connectivity index (χ1v) is 16.4. The highest BCUT2D eigenvalue weighted by molar-refractivity contribution is 7.92. The van der Waals surface area contributed by atoms with E-state index in [-0.39, 0.29) is 23.9 Å². The molecule has 1 fully saturated rings. The standard InChI is InChI=1S/C30H41Cl2N3O4S/c1-6-27(29(37)33-22-11-8-7-9-12-22)34(19-24-25(31)13-10-14-26(24)32)28(36)20-35(40(5,38)39)23-17-15-21(16-18-23)30(2,3)4/h10,13-18,22,27H,6-9,11-12,19-20H2,1-5H3,(H,33,37)/t27-/m0/s1. The number of sulfonamides is 1. The van der Waals surface area contributed by atoms with Crippen LogP contribution in [-0.4, -0.2) is 50.0 Å². The van der Waals surface area contributed by atoms with Gasteiger partial charge >= 0.3 is 0 Å². The van der Waals surface area contributed by atoms with Crippen LogP contribution in [-0.2, 0) is 31.6 Å². The van der Waals surface area contributed by atoms with E-state index in [1.54, 1.807) is 30.3 Å². The quantitative estimate of drug-likeness (QED) is 0.342. The summed E-state index contributed by atoms with van der Waals surface area (Å²) >= 11 is 12.9. The summed E-state index contributed by atoms with van der Waals surface area (Å²) in [6.45, 7) is 7.54. The van der Waals surface area contributed by atoms with Crippen LogP contribution in [0.2, 0.25) is 10.0 Å². The Morgan fingerprint density at radius 1 is 1.00 bits per heavy atom. The van der Waals surface area contributed by atoms with Gasteiger partial charge in [0.05, 0.1) is 11.9 Å². The Morgan fingerprint density at radius 2 is 1.57 bits per heavy atom. The van der Waals surface area contributed by atoms with E-state index in [4.69, 9.17) is 23.2 Å². The zero-order valence-corrected chi connectivity index (χ0v) is 26.4. The van der Waals surface area contributed by atoms with Gasteiger partial charge in [-0.15, -0.1) is 0 Å². The van der Waals surface area contributed by atoms with Crippen molar-refractivity contribution >= 4 is 50.7 Å². The Labute approximate surface area is 249 Å². The Balaban J connectivity index is 1.96. The van der Waals surface area contributed by atoms with Crippen LogP contribution in [0.25, 0.3) is 0 Å². The van der Waals surface area contributed by atoms with Crippen molar-refractivity contribution in [1.82, 2.24) is 10.2 Å². The molecular formula is C30H41Cl2N3O4S. The number of amides is 2. The number of nitrogens with zero attached hydrogens (tertiary/aromatic N) is 2. The van der Waals surface area contributed by atoms with Gasteiger partial charge < -0.3 is 10.2 Å². The molecule has 220 valence electrons. The third kappa shape index (κ3) is 8.37. The number of rotatable bonds is 10. The van der Waals surface area contributed by atoms with Crippen LogP contribution in [0, 0.1) is 0 Å². The van der Waals surface area contributed by atoms with E-state index >= 15 is 0 Å². The fraction of sp³-hybridized carbons (Fsp3) is 0.533. The Hall–Kier alpha value is -2.29. The number of hydrogen-bond donors (Lipinski definition) is 1. The van der Waals surface area contributed by atoms with Gasteiger partial charge in [0.25, 0.3) is 0 Å². The first-order valence-electron chi connectivity index (χ1n) is 13.8. The summed E-state index contributed by atoms with van der Waals surface area (Å²) in [5.74, 6) is -0.779. The summed E-state index contributed by atoms with van der Waals surface area (Å²) in [5.41, 5.74) is 1.80. The molecule has 1 aliphatic rings. The van der Waals surface area contributed by atoms with Crippen molar-refractivity contribution < 1.29 is 18.0 Å². The maximum absolute atomic E-state index is 14.0. The number of anilines is 1. The summed E-state index contributed by atoms with van der Waals surface area (Å²) in [7, 11) is -3.83. The molecule has 0 saturated heterocycles.